The van der Waals surface area contributed by atoms with E-state index in [1.807, 2.05) is 5.32 Å². The Morgan fingerprint density at radius 3 is 2.09 bits per heavy atom. The fourth-order valence-electron chi connectivity index (χ4n) is 1.84. The van der Waals surface area contributed by atoms with Gasteiger partial charge >= 0.3 is 6.09 Å². The summed E-state index contributed by atoms with van der Waals surface area (Å²) in [5, 5.41) is 2.01. The molecule has 1 N–H and O–H groups in total. The first-order chi connectivity index (χ1) is 10.6. The number of benzene rings is 2. The van der Waals surface area contributed by atoms with Crippen LogP contribution in [0.2, 0.25) is 0 Å². The second-order valence-corrected chi connectivity index (χ2v) is 4.48. The van der Waals surface area contributed by atoms with Crippen molar-refractivity contribution < 1.29 is 23.5 Å². The Balaban J connectivity index is 1.73. The van der Waals surface area contributed by atoms with E-state index < -0.39 is 12.0 Å². The average Bonchev–Trinajstić information content (AvgIpc) is 2.81. The molecule has 0 radical (unpaired) electrons. The highest BCUT2D eigenvalue weighted by Gasteiger charge is 2.25. The van der Waals surface area contributed by atoms with Gasteiger partial charge in [0.2, 0.25) is 0 Å². The Bertz CT molecular complexity index is 751. The highest BCUT2D eigenvalue weighted by Crippen LogP contribution is 2.23. The predicted octanol–water partition coefficient (Wildman–Crippen LogP) is 3.23. The van der Waals surface area contributed by atoms with Gasteiger partial charge in [-0.25, -0.2) is 9.18 Å². The molecule has 0 aliphatic carbocycles. The Morgan fingerprint density at radius 2 is 1.55 bits per heavy atom. The molecule has 22 heavy (non-hydrogen) atoms. The first-order valence-corrected chi connectivity index (χ1v) is 6.38. The minimum absolute atomic E-state index is 0.0581. The highest BCUT2D eigenvalue weighted by molar-refractivity contribution is 6.09. The third kappa shape index (κ3) is 3.12. The minimum atomic E-state index is -0.785. The van der Waals surface area contributed by atoms with Crippen LogP contribution in [-0.2, 0) is 9.53 Å². The molecule has 1 fully saturated rings. The number of carbonyl (C=O) groups is 2. The molecular formula is C16H10FNO4. The van der Waals surface area contributed by atoms with Gasteiger partial charge in [-0.2, -0.15) is 0 Å². The molecule has 2 aromatic rings. The predicted molar refractivity (Wildman–Crippen MR) is 75.5 cm³/mol. The van der Waals surface area contributed by atoms with Crippen LogP contribution in [0.5, 0.6) is 11.5 Å². The number of hydrogen-bond donors (Lipinski definition) is 1. The van der Waals surface area contributed by atoms with E-state index in [4.69, 9.17) is 9.47 Å². The molecule has 6 heteroatoms. The summed E-state index contributed by atoms with van der Waals surface area (Å²) in [6.45, 7) is 0. The highest BCUT2D eigenvalue weighted by atomic mass is 19.1. The summed E-state index contributed by atoms with van der Waals surface area (Å²) in [6.07, 6.45) is 0.662. The zero-order chi connectivity index (χ0) is 15.5. The molecular weight excluding hydrogens is 289 g/mol. The van der Waals surface area contributed by atoms with E-state index in [1.54, 1.807) is 24.3 Å². The molecule has 1 aliphatic heterocycles. The zero-order valence-electron chi connectivity index (χ0n) is 11.2. The van der Waals surface area contributed by atoms with E-state index in [0.29, 0.717) is 17.1 Å². The van der Waals surface area contributed by atoms with Crippen molar-refractivity contribution >= 4 is 18.1 Å². The van der Waals surface area contributed by atoms with Gasteiger partial charge < -0.3 is 9.47 Å². The van der Waals surface area contributed by atoms with E-state index >= 15 is 0 Å². The molecule has 0 bridgehead atoms. The van der Waals surface area contributed by atoms with E-state index in [0.717, 1.165) is 0 Å². The summed E-state index contributed by atoms with van der Waals surface area (Å²) in [6, 6.07) is 12.4. The number of amides is 2. The third-order valence-electron chi connectivity index (χ3n) is 2.87. The standard InChI is InChI=1S/C16H10FNO4/c17-11-3-7-13(8-4-11)21-12-5-1-10(2-6-12)9-14-15(19)18-16(20)22-14/h1-9H,(H,18,19,20). The SMILES string of the molecule is O=C1NC(=O)C(=Cc2ccc(Oc3ccc(F)cc3)cc2)O1. The number of imide groups is 1. The summed E-state index contributed by atoms with van der Waals surface area (Å²) in [5.41, 5.74) is 0.673. The van der Waals surface area contributed by atoms with Gasteiger partial charge in [0.15, 0.2) is 5.76 Å². The Morgan fingerprint density at radius 1 is 0.955 bits per heavy atom. The van der Waals surface area contributed by atoms with Crippen LogP contribution in [0.15, 0.2) is 54.3 Å². The normalized spacial score (nSPS) is 15.6. The van der Waals surface area contributed by atoms with Crippen molar-refractivity contribution in [2.45, 2.75) is 0 Å². The summed E-state index contributed by atoms with van der Waals surface area (Å²) >= 11 is 0. The Hall–Kier alpha value is -3.15. The number of nitrogens with one attached hydrogen (secondary N) is 1. The van der Waals surface area contributed by atoms with E-state index in [-0.39, 0.29) is 11.6 Å². The van der Waals surface area contributed by atoms with Crippen LogP contribution >= 0.6 is 0 Å². The molecule has 0 unspecified atom stereocenters. The van der Waals surface area contributed by atoms with Crippen LogP contribution in [0, 0.1) is 5.82 Å². The fraction of sp³-hybridized carbons (Fsp3) is 0. The summed E-state index contributed by atoms with van der Waals surface area (Å²) in [7, 11) is 0. The van der Waals surface area contributed by atoms with E-state index in [2.05, 4.69) is 0 Å². The van der Waals surface area contributed by atoms with Gasteiger partial charge in [-0.1, -0.05) is 12.1 Å². The average molecular weight is 299 g/mol. The second-order valence-electron chi connectivity index (χ2n) is 4.48. The van der Waals surface area contributed by atoms with Crippen molar-refractivity contribution in [2.75, 3.05) is 0 Å². The number of cyclic esters (lactones) is 1. The molecule has 1 heterocycles. The number of rotatable bonds is 3. The van der Waals surface area contributed by atoms with Gasteiger partial charge in [0.1, 0.15) is 17.3 Å². The molecule has 0 aromatic heterocycles. The molecule has 2 aromatic carbocycles. The number of halogens is 1. The molecule has 3 rings (SSSR count). The topological polar surface area (TPSA) is 64.6 Å². The van der Waals surface area contributed by atoms with Crippen molar-refractivity contribution in [1.82, 2.24) is 5.32 Å². The van der Waals surface area contributed by atoms with Crippen LogP contribution in [0.25, 0.3) is 6.08 Å². The van der Waals surface area contributed by atoms with Crippen LogP contribution in [0.3, 0.4) is 0 Å². The van der Waals surface area contributed by atoms with Crippen molar-refractivity contribution in [3.8, 4) is 11.5 Å². The monoisotopic (exact) mass is 299 g/mol. The molecule has 0 spiro atoms. The number of alkyl carbamates (subject to hydrolysis) is 1. The lowest BCUT2D eigenvalue weighted by Gasteiger charge is -2.05. The van der Waals surface area contributed by atoms with Gasteiger partial charge in [-0.3, -0.25) is 10.1 Å². The summed E-state index contributed by atoms with van der Waals surface area (Å²) in [5.74, 6) is 0.103. The Labute approximate surface area is 125 Å². The van der Waals surface area contributed by atoms with Gasteiger partial charge in [0.05, 0.1) is 0 Å². The van der Waals surface area contributed by atoms with E-state index in [1.165, 1.54) is 30.3 Å². The first-order valence-electron chi connectivity index (χ1n) is 6.38. The molecule has 2 amide bonds. The Kier molecular flexibility index (Phi) is 3.57. The lowest BCUT2D eigenvalue weighted by atomic mass is 10.2. The maximum Gasteiger partial charge on any atom is 0.419 e. The largest absolute Gasteiger partial charge is 0.457 e. The number of carbonyl (C=O) groups excluding carboxylic acids is 2. The summed E-state index contributed by atoms with van der Waals surface area (Å²) in [4.78, 5) is 22.2. The molecule has 110 valence electrons. The van der Waals surface area contributed by atoms with Gasteiger partial charge in [-0.15, -0.1) is 0 Å². The fourth-order valence-corrected chi connectivity index (χ4v) is 1.84. The van der Waals surface area contributed by atoms with Crippen molar-refractivity contribution in [1.29, 1.82) is 0 Å². The van der Waals surface area contributed by atoms with Gasteiger partial charge in [-0.05, 0) is 48.0 Å². The van der Waals surface area contributed by atoms with Crippen LogP contribution in [0.4, 0.5) is 9.18 Å². The molecule has 5 nitrogen and oxygen atoms in total. The molecule has 1 saturated heterocycles. The summed E-state index contributed by atoms with van der Waals surface area (Å²) < 4.78 is 23.1. The number of ether oxygens (including phenoxy) is 2. The van der Waals surface area contributed by atoms with Crippen LogP contribution in [-0.4, -0.2) is 12.0 Å². The molecule has 0 saturated carbocycles. The lowest BCUT2D eigenvalue weighted by Crippen LogP contribution is -2.18. The molecule has 0 atom stereocenters. The van der Waals surface area contributed by atoms with Crippen molar-refractivity contribution in [3.05, 3.63) is 65.7 Å². The zero-order valence-corrected chi connectivity index (χ0v) is 11.2. The minimum Gasteiger partial charge on any atom is -0.457 e. The van der Waals surface area contributed by atoms with Gasteiger partial charge in [0.25, 0.3) is 5.91 Å². The second kappa shape index (κ2) is 5.69. The maximum atomic E-state index is 12.8. The lowest BCUT2D eigenvalue weighted by molar-refractivity contribution is -0.116. The van der Waals surface area contributed by atoms with E-state index in [9.17, 15) is 14.0 Å². The number of hydrogen-bond acceptors (Lipinski definition) is 4. The first kappa shape index (κ1) is 13.8. The van der Waals surface area contributed by atoms with Crippen molar-refractivity contribution in [3.63, 3.8) is 0 Å². The molecule has 1 aliphatic rings. The van der Waals surface area contributed by atoms with Crippen LogP contribution in [0.1, 0.15) is 5.56 Å². The van der Waals surface area contributed by atoms with Gasteiger partial charge in [0, 0.05) is 0 Å². The maximum absolute atomic E-state index is 12.8. The smallest absolute Gasteiger partial charge is 0.419 e. The third-order valence-corrected chi connectivity index (χ3v) is 2.87. The van der Waals surface area contributed by atoms with Crippen LogP contribution < -0.4 is 10.1 Å². The quantitative estimate of drug-likeness (QED) is 0.884. The van der Waals surface area contributed by atoms with Crippen molar-refractivity contribution in [2.24, 2.45) is 0 Å².